The van der Waals surface area contributed by atoms with Crippen molar-refractivity contribution in [3.63, 3.8) is 0 Å². The number of nitrogens with one attached hydrogen (secondary N) is 2. The van der Waals surface area contributed by atoms with E-state index in [1.807, 2.05) is 24.3 Å². The van der Waals surface area contributed by atoms with Gasteiger partial charge in [-0.1, -0.05) is 15.9 Å². The number of hydrogen-bond donors (Lipinski definition) is 2. The van der Waals surface area contributed by atoms with E-state index in [0.29, 0.717) is 5.69 Å². The predicted octanol–water partition coefficient (Wildman–Crippen LogP) is 3.50. The van der Waals surface area contributed by atoms with E-state index in [2.05, 4.69) is 32.3 Å². The van der Waals surface area contributed by atoms with Crippen molar-refractivity contribution in [2.75, 3.05) is 0 Å². The van der Waals surface area contributed by atoms with Gasteiger partial charge in [0, 0.05) is 15.4 Å². The van der Waals surface area contributed by atoms with Gasteiger partial charge >= 0.3 is 0 Å². The van der Waals surface area contributed by atoms with E-state index in [9.17, 15) is 10.1 Å². The highest BCUT2D eigenvalue weighted by Gasteiger charge is 2.35. The van der Waals surface area contributed by atoms with Crippen molar-refractivity contribution in [1.82, 2.24) is 10.3 Å². The Bertz CT molecular complexity index is 707. The minimum Gasteiger partial charge on any atom is -0.351 e. The van der Waals surface area contributed by atoms with Crippen molar-refractivity contribution in [2.24, 2.45) is 0 Å². The molecular formula is C15H14BrN3O. The second-order valence-electron chi connectivity index (χ2n) is 5.27. The minimum absolute atomic E-state index is 0.208. The van der Waals surface area contributed by atoms with Crippen molar-refractivity contribution in [1.29, 1.82) is 5.26 Å². The lowest BCUT2D eigenvalue weighted by Crippen LogP contribution is -2.45. The van der Waals surface area contributed by atoms with Gasteiger partial charge in [0.05, 0.1) is 6.07 Å². The Balaban J connectivity index is 1.87. The van der Waals surface area contributed by atoms with Crippen LogP contribution in [0.2, 0.25) is 0 Å². The molecule has 5 heteroatoms. The maximum Gasteiger partial charge on any atom is 0.268 e. The zero-order valence-electron chi connectivity index (χ0n) is 10.9. The minimum atomic E-state index is -0.686. The SMILES string of the molecule is N#CC1(NC(=O)c2cc3cc(Br)ccc3[nH]2)CCCC1. The molecule has 3 rings (SSSR count). The van der Waals surface area contributed by atoms with Crippen LogP contribution in [0.1, 0.15) is 36.2 Å². The Morgan fingerprint density at radius 1 is 1.35 bits per heavy atom. The van der Waals surface area contributed by atoms with Crippen molar-refractivity contribution >= 4 is 32.7 Å². The maximum atomic E-state index is 12.3. The van der Waals surface area contributed by atoms with E-state index < -0.39 is 5.54 Å². The maximum absolute atomic E-state index is 12.3. The number of aromatic nitrogens is 1. The molecule has 0 saturated heterocycles. The molecule has 1 aromatic carbocycles. The summed E-state index contributed by atoms with van der Waals surface area (Å²) in [7, 11) is 0. The molecule has 1 amide bonds. The number of rotatable bonds is 2. The zero-order valence-corrected chi connectivity index (χ0v) is 12.5. The number of halogens is 1. The van der Waals surface area contributed by atoms with Crippen molar-refractivity contribution in [3.05, 3.63) is 34.4 Å². The number of carbonyl (C=O) groups is 1. The predicted molar refractivity (Wildman–Crippen MR) is 80.3 cm³/mol. The van der Waals surface area contributed by atoms with Crippen LogP contribution in [-0.2, 0) is 0 Å². The highest BCUT2D eigenvalue weighted by Crippen LogP contribution is 2.29. The molecule has 4 nitrogen and oxygen atoms in total. The van der Waals surface area contributed by atoms with E-state index in [1.54, 1.807) is 0 Å². The third-order valence-electron chi connectivity index (χ3n) is 3.85. The smallest absolute Gasteiger partial charge is 0.268 e. The number of aromatic amines is 1. The van der Waals surface area contributed by atoms with E-state index in [1.165, 1.54) is 0 Å². The van der Waals surface area contributed by atoms with Crippen molar-refractivity contribution < 1.29 is 4.79 Å². The monoisotopic (exact) mass is 331 g/mol. The summed E-state index contributed by atoms with van der Waals surface area (Å²) in [4.78, 5) is 15.4. The first-order valence-corrected chi connectivity index (χ1v) is 7.43. The molecule has 20 heavy (non-hydrogen) atoms. The van der Waals surface area contributed by atoms with Gasteiger partial charge in [-0.25, -0.2) is 0 Å². The van der Waals surface area contributed by atoms with Crippen LogP contribution >= 0.6 is 15.9 Å². The van der Waals surface area contributed by atoms with Crippen LogP contribution in [0.5, 0.6) is 0 Å². The number of nitriles is 1. The Labute approximate surface area is 125 Å². The fraction of sp³-hybridized carbons (Fsp3) is 0.333. The topological polar surface area (TPSA) is 68.7 Å². The lowest BCUT2D eigenvalue weighted by Gasteiger charge is -2.21. The second-order valence-corrected chi connectivity index (χ2v) is 6.19. The number of amides is 1. The van der Waals surface area contributed by atoms with E-state index >= 15 is 0 Å². The first-order chi connectivity index (χ1) is 9.62. The summed E-state index contributed by atoms with van der Waals surface area (Å²) in [6.45, 7) is 0. The van der Waals surface area contributed by atoms with Gasteiger partial charge in [-0.3, -0.25) is 4.79 Å². The highest BCUT2D eigenvalue weighted by atomic mass is 79.9. The molecule has 1 aliphatic carbocycles. The van der Waals surface area contributed by atoms with Crippen molar-refractivity contribution in [3.8, 4) is 6.07 Å². The largest absolute Gasteiger partial charge is 0.351 e. The molecule has 2 N–H and O–H groups in total. The van der Waals surface area contributed by atoms with E-state index in [-0.39, 0.29) is 5.91 Å². The molecule has 0 radical (unpaired) electrons. The summed E-state index contributed by atoms with van der Waals surface area (Å²) in [6, 6.07) is 9.89. The van der Waals surface area contributed by atoms with Crippen LogP contribution in [-0.4, -0.2) is 16.4 Å². The molecule has 1 heterocycles. The fourth-order valence-electron chi connectivity index (χ4n) is 2.75. The molecule has 0 unspecified atom stereocenters. The molecule has 0 atom stereocenters. The number of nitrogens with zero attached hydrogens (tertiary/aromatic N) is 1. The van der Waals surface area contributed by atoms with Crippen LogP contribution < -0.4 is 5.32 Å². The lowest BCUT2D eigenvalue weighted by molar-refractivity contribution is 0.0916. The molecule has 1 fully saturated rings. The molecule has 0 bridgehead atoms. The Morgan fingerprint density at radius 3 is 2.80 bits per heavy atom. The van der Waals surface area contributed by atoms with Gasteiger partial charge in [-0.2, -0.15) is 5.26 Å². The highest BCUT2D eigenvalue weighted by molar-refractivity contribution is 9.10. The molecule has 1 aliphatic rings. The first kappa shape index (κ1) is 13.2. The summed E-state index contributed by atoms with van der Waals surface area (Å²) in [5.41, 5.74) is 0.727. The van der Waals surface area contributed by atoms with Crippen molar-refractivity contribution in [2.45, 2.75) is 31.2 Å². The Hall–Kier alpha value is -1.80. The van der Waals surface area contributed by atoms with Gasteiger partial charge in [0.25, 0.3) is 5.91 Å². The summed E-state index contributed by atoms with van der Waals surface area (Å²) in [5, 5.41) is 13.2. The van der Waals surface area contributed by atoms with E-state index in [4.69, 9.17) is 0 Å². The molecular weight excluding hydrogens is 318 g/mol. The molecule has 0 spiro atoms. The quantitative estimate of drug-likeness (QED) is 0.884. The number of fused-ring (bicyclic) bond motifs is 1. The molecule has 102 valence electrons. The molecule has 1 saturated carbocycles. The number of hydrogen-bond acceptors (Lipinski definition) is 2. The number of H-pyrrole nitrogens is 1. The van der Waals surface area contributed by atoms with Gasteiger partial charge in [0.15, 0.2) is 0 Å². The number of benzene rings is 1. The lowest BCUT2D eigenvalue weighted by atomic mass is 10.00. The molecule has 2 aromatic rings. The van der Waals surface area contributed by atoms with Gasteiger partial charge in [0.1, 0.15) is 11.2 Å². The number of carbonyl (C=O) groups excluding carboxylic acids is 1. The molecule has 1 aromatic heterocycles. The van der Waals surface area contributed by atoms with Gasteiger partial charge < -0.3 is 10.3 Å². The summed E-state index contributed by atoms with van der Waals surface area (Å²) >= 11 is 3.41. The van der Waals surface area contributed by atoms with Gasteiger partial charge in [-0.05, 0) is 49.9 Å². The Kier molecular flexibility index (Phi) is 3.27. The Morgan fingerprint density at radius 2 is 2.10 bits per heavy atom. The van der Waals surface area contributed by atoms with E-state index in [0.717, 1.165) is 41.1 Å². The first-order valence-electron chi connectivity index (χ1n) is 6.64. The normalized spacial score (nSPS) is 17.0. The van der Waals surface area contributed by atoms with Crippen LogP contribution in [0.25, 0.3) is 10.9 Å². The van der Waals surface area contributed by atoms with Crippen LogP contribution in [0.4, 0.5) is 0 Å². The van der Waals surface area contributed by atoms with Gasteiger partial charge in [0.2, 0.25) is 0 Å². The summed E-state index contributed by atoms with van der Waals surface area (Å²) in [6.07, 6.45) is 3.46. The van der Waals surface area contributed by atoms with Crippen LogP contribution in [0.3, 0.4) is 0 Å². The summed E-state index contributed by atoms with van der Waals surface area (Å²) in [5.74, 6) is -0.208. The third-order valence-corrected chi connectivity index (χ3v) is 4.34. The molecule has 0 aliphatic heterocycles. The van der Waals surface area contributed by atoms with Crippen LogP contribution in [0, 0.1) is 11.3 Å². The average molecular weight is 332 g/mol. The third kappa shape index (κ3) is 2.32. The second kappa shape index (κ2) is 4.95. The summed E-state index contributed by atoms with van der Waals surface area (Å²) < 4.78 is 0.972. The fourth-order valence-corrected chi connectivity index (χ4v) is 3.13. The standard InChI is InChI=1S/C15H14BrN3O/c16-11-3-4-12-10(7-11)8-13(18-12)14(20)19-15(9-17)5-1-2-6-15/h3-4,7-8,18H,1-2,5-6H2,(H,19,20). The van der Waals surface area contributed by atoms with Gasteiger partial charge in [-0.15, -0.1) is 0 Å². The van der Waals surface area contributed by atoms with Crippen LogP contribution in [0.15, 0.2) is 28.7 Å². The average Bonchev–Trinajstić information content (AvgIpc) is 3.05. The zero-order chi connectivity index (χ0) is 14.2.